The van der Waals surface area contributed by atoms with Crippen LogP contribution in [0.3, 0.4) is 0 Å². The van der Waals surface area contributed by atoms with Gasteiger partial charge in [-0.25, -0.2) is 9.79 Å². The molecule has 0 amide bonds. The maximum Gasteiger partial charge on any atom is 0.338 e. The van der Waals surface area contributed by atoms with E-state index in [0.29, 0.717) is 12.0 Å². The first-order valence-electron chi connectivity index (χ1n) is 13.4. The lowest BCUT2D eigenvalue weighted by Gasteiger charge is -2.40. The Bertz CT molecular complexity index is 1290. The molecule has 0 unspecified atom stereocenters. The Balaban J connectivity index is 0.993. The number of hydrogen-bond acceptors (Lipinski definition) is 7. The van der Waals surface area contributed by atoms with Gasteiger partial charge in [0.25, 0.3) is 0 Å². The molecular weight excluding hydrogens is 450 g/mol. The number of rotatable bonds is 3. The zero-order valence-corrected chi connectivity index (χ0v) is 21.0. The Morgan fingerprint density at radius 2 is 1.83 bits per heavy atom. The minimum absolute atomic E-state index is 0.178. The molecule has 0 aromatic heterocycles. The normalized spacial score (nSPS) is 22.3. The Hall–Kier alpha value is -3.19. The van der Waals surface area contributed by atoms with Crippen molar-refractivity contribution in [2.75, 3.05) is 45.8 Å². The predicted octanol–water partition coefficient (Wildman–Crippen LogP) is 3.76. The molecular formula is C29H33N5O2. The van der Waals surface area contributed by atoms with Crippen LogP contribution in [0.5, 0.6) is 0 Å². The average molecular weight is 484 g/mol. The maximum absolute atomic E-state index is 11.8. The summed E-state index contributed by atoms with van der Waals surface area (Å²) in [5.74, 6) is 2.03. The average Bonchev–Trinajstić information content (AvgIpc) is 3.64. The second-order valence-corrected chi connectivity index (χ2v) is 11.0. The number of esters is 1. The lowest BCUT2D eigenvalue weighted by Crippen LogP contribution is -2.48. The van der Waals surface area contributed by atoms with Crippen molar-refractivity contribution in [3.63, 3.8) is 0 Å². The van der Waals surface area contributed by atoms with Crippen LogP contribution < -0.4 is 0 Å². The van der Waals surface area contributed by atoms with Crippen molar-refractivity contribution in [2.45, 2.75) is 39.2 Å². The van der Waals surface area contributed by atoms with Crippen molar-refractivity contribution >= 4 is 23.5 Å². The van der Waals surface area contributed by atoms with E-state index in [9.17, 15) is 4.79 Å². The Kier molecular flexibility index (Phi) is 5.17. The third kappa shape index (κ3) is 3.55. The van der Waals surface area contributed by atoms with Crippen LogP contribution in [0.25, 0.3) is 0 Å². The van der Waals surface area contributed by atoms with E-state index in [2.05, 4.69) is 52.0 Å². The lowest BCUT2D eigenvalue weighted by atomic mass is 9.77. The largest absolute Gasteiger partial charge is 0.457 e. The first kappa shape index (κ1) is 22.0. The molecule has 2 aromatic carbocycles. The molecule has 0 aliphatic carbocycles. The summed E-state index contributed by atoms with van der Waals surface area (Å²) in [6.45, 7) is 9.92. The summed E-state index contributed by atoms with van der Waals surface area (Å²) in [5, 5.41) is 0. The maximum atomic E-state index is 11.8. The number of benzene rings is 2. The van der Waals surface area contributed by atoms with Gasteiger partial charge >= 0.3 is 5.97 Å². The third-order valence-electron chi connectivity index (χ3n) is 9.06. The van der Waals surface area contributed by atoms with Gasteiger partial charge in [-0.3, -0.25) is 9.89 Å². The minimum atomic E-state index is -0.178. The van der Waals surface area contributed by atoms with Crippen molar-refractivity contribution in [2.24, 2.45) is 15.4 Å². The van der Waals surface area contributed by atoms with E-state index in [1.54, 1.807) is 0 Å². The lowest BCUT2D eigenvalue weighted by molar-refractivity contribution is 0.0535. The number of cyclic esters (lactones) is 1. The number of likely N-dealkylation sites (tertiary alicyclic amines) is 2. The highest BCUT2D eigenvalue weighted by Crippen LogP contribution is 2.42. The Morgan fingerprint density at radius 1 is 1.00 bits per heavy atom. The molecule has 2 saturated heterocycles. The van der Waals surface area contributed by atoms with Crippen LogP contribution in [0, 0.1) is 12.3 Å². The Morgan fingerprint density at radius 3 is 2.72 bits per heavy atom. The van der Waals surface area contributed by atoms with Gasteiger partial charge in [-0.15, -0.1) is 0 Å². The summed E-state index contributed by atoms with van der Waals surface area (Å²) in [6.07, 6.45) is 4.78. The van der Waals surface area contributed by atoms with Crippen molar-refractivity contribution in [3.05, 3.63) is 64.2 Å². The molecule has 0 saturated carbocycles. The summed E-state index contributed by atoms with van der Waals surface area (Å²) < 4.78 is 5.23. The summed E-state index contributed by atoms with van der Waals surface area (Å²) in [6, 6.07) is 12.5. The number of hydrogen-bond donors (Lipinski definition) is 0. The third-order valence-corrected chi connectivity index (χ3v) is 9.06. The molecule has 7 heteroatoms. The van der Waals surface area contributed by atoms with Gasteiger partial charge in [0.2, 0.25) is 5.96 Å². The number of carbonyl (C=O) groups excluding carboxylic acids is 1. The van der Waals surface area contributed by atoms with Crippen LogP contribution in [-0.4, -0.2) is 78.3 Å². The molecule has 0 atom stereocenters. The van der Waals surface area contributed by atoms with E-state index < -0.39 is 0 Å². The topological polar surface area (TPSA) is 60.7 Å². The fourth-order valence-corrected chi connectivity index (χ4v) is 6.75. The zero-order valence-electron chi connectivity index (χ0n) is 21.0. The number of ether oxygens (including phenoxy) is 1. The van der Waals surface area contributed by atoms with Gasteiger partial charge in [-0.2, -0.15) is 0 Å². The molecule has 0 bridgehead atoms. The number of fused-ring (bicyclic) bond motifs is 4. The number of carbonyl (C=O) groups is 1. The van der Waals surface area contributed by atoms with E-state index >= 15 is 0 Å². The summed E-state index contributed by atoms with van der Waals surface area (Å²) in [7, 11) is 0. The van der Waals surface area contributed by atoms with Gasteiger partial charge in [0.1, 0.15) is 12.4 Å². The quantitative estimate of drug-likeness (QED) is 0.623. The van der Waals surface area contributed by atoms with Gasteiger partial charge in [0, 0.05) is 37.3 Å². The monoisotopic (exact) mass is 483 g/mol. The number of para-hydroxylation sites is 1. The first-order chi connectivity index (χ1) is 17.6. The van der Waals surface area contributed by atoms with Gasteiger partial charge < -0.3 is 14.5 Å². The van der Waals surface area contributed by atoms with Crippen LogP contribution in [0.2, 0.25) is 0 Å². The van der Waals surface area contributed by atoms with Crippen molar-refractivity contribution in [1.82, 2.24) is 14.7 Å². The van der Waals surface area contributed by atoms with Crippen LogP contribution in [0.1, 0.15) is 51.9 Å². The highest BCUT2D eigenvalue weighted by molar-refractivity contribution is 6.15. The summed E-state index contributed by atoms with van der Waals surface area (Å²) in [4.78, 5) is 29.3. The molecule has 5 aliphatic heterocycles. The van der Waals surface area contributed by atoms with E-state index in [-0.39, 0.29) is 5.97 Å². The van der Waals surface area contributed by atoms with E-state index in [0.717, 1.165) is 80.8 Å². The number of amidine groups is 1. The highest BCUT2D eigenvalue weighted by Gasteiger charge is 2.44. The smallest absolute Gasteiger partial charge is 0.338 e. The van der Waals surface area contributed by atoms with Crippen LogP contribution >= 0.6 is 0 Å². The molecule has 0 N–H and O–H groups in total. The molecule has 0 radical (unpaired) electrons. The van der Waals surface area contributed by atoms with E-state index in [1.807, 2.05) is 6.07 Å². The van der Waals surface area contributed by atoms with E-state index in [1.165, 1.54) is 36.0 Å². The minimum Gasteiger partial charge on any atom is -0.457 e. The zero-order chi connectivity index (χ0) is 24.3. The van der Waals surface area contributed by atoms with Crippen molar-refractivity contribution in [3.8, 4) is 0 Å². The molecule has 5 heterocycles. The molecule has 7 nitrogen and oxygen atoms in total. The van der Waals surface area contributed by atoms with Crippen LogP contribution in [0.15, 0.2) is 46.4 Å². The van der Waals surface area contributed by atoms with Gasteiger partial charge in [-0.05, 0) is 80.4 Å². The number of nitrogens with zero attached hydrogens (tertiary/aromatic N) is 5. The molecule has 7 rings (SSSR count). The van der Waals surface area contributed by atoms with Crippen molar-refractivity contribution < 1.29 is 9.53 Å². The fourth-order valence-electron chi connectivity index (χ4n) is 6.75. The molecule has 1 spiro atoms. The number of guanidine groups is 1. The number of aliphatic imine (C=N–C) groups is 2. The van der Waals surface area contributed by atoms with E-state index in [4.69, 9.17) is 14.7 Å². The van der Waals surface area contributed by atoms with Gasteiger partial charge in [-0.1, -0.05) is 18.2 Å². The van der Waals surface area contributed by atoms with Crippen molar-refractivity contribution in [1.29, 1.82) is 0 Å². The van der Waals surface area contributed by atoms with Crippen LogP contribution in [0.4, 0.5) is 5.69 Å². The predicted molar refractivity (Wildman–Crippen MR) is 140 cm³/mol. The fraction of sp³-hybridized carbons (Fsp3) is 0.483. The second-order valence-electron chi connectivity index (χ2n) is 11.0. The summed E-state index contributed by atoms with van der Waals surface area (Å²) in [5.41, 5.74) is 7.03. The standard InChI is InChI=1S/C29H33N5O2/c1-20-21(6-7-22-24(20)18-36-27(22)35)8-13-32-14-9-29(10-15-32)11-16-33(19-29)28-31-25-5-3-2-4-23(25)26-30-12-17-34(26)28/h2-7H,8-19H2,1H3. The molecule has 2 aromatic rings. The molecule has 36 heavy (non-hydrogen) atoms. The number of piperidine rings is 1. The van der Waals surface area contributed by atoms with Gasteiger partial charge in [0.05, 0.1) is 17.8 Å². The highest BCUT2D eigenvalue weighted by atomic mass is 16.5. The molecule has 186 valence electrons. The van der Waals surface area contributed by atoms with Gasteiger partial charge in [0.15, 0.2) is 0 Å². The molecule has 5 aliphatic rings. The molecule has 2 fully saturated rings. The SMILES string of the molecule is Cc1c(CCN2CCC3(CC2)CCN(C2=Nc4ccccc4C4=NCCN42)C3)ccc2c1COC2=O. The summed E-state index contributed by atoms with van der Waals surface area (Å²) >= 11 is 0. The second kappa shape index (κ2) is 8.44. The van der Waals surface area contributed by atoms with Crippen LogP contribution in [-0.2, 0) is 17.8 Å². The Labute approximate surface area is 212 Å². The first-order valence-corrected chi connectivity index (χ1v) is 13.4.